The largest absolute Gasteiger partial charge is 0.352 e. The van der Waals surface area contributed by atoms with Crippen LogP contribution in [0.3, 0.4) is 0 Å². The summed E-state index contributed by atoms with van der Waals surface area (Å²) < 4.78 is 29.4. The van der Waals surface area contributed by atoms with Gasteiger partial charge in [-0.1, -0.05) is 24.8 Å². The van der Waals surface area contributed by atoms with Crippen LogP contribution >= 0.6 is 11.8 Å². The summed E-state index contributed by atoms with van der Waals surface area (Å²) in [6.07, 6.45) is 3.24. The van der Waals surface area contributed by atoms with Crippen molar-refractivity contribution in [2.45, 2.75) is 42.5 Å². The van der Waals surface area contributed by atoms with Crippen LogP contribution in [0, 0.1) is 5.41 Å². The van der Waals surface area contributed by atoms with E-state index in [0.717, 1.165) is 29.5 Å². The minimum Gasteiger partial charge on any atom is -0.352 e. The lowest BCUT2D eigenvalue weighted by atomic mass is 9.80. The molecule has 0 unspecified atom stereocenters. The fraction of sp³-hybridized carbons (Fsp3) is 0.476. The first-order valence-electron chi connectivity index (χ1n) is 10.2. The van der Waals surface area contributed by atoms with Crippen molar-refractivity contribution in [3.63, 3.8) is 0 Å². The van der Waals surface area contributed by atoms with Gasteiger partial charge in [0, 0.05) is 24.9 Å². The molecule has 10 heteroatoms. The molecular weight excluding hydrogens is 424 g/mol. The summed E-state index contributed by atoms with van der Waals surface area (Å²) in [5, 5.41) is 0.364. The van der Waals surface area contributed by atoms with E-state index in [1.165, 1.54) is 19.2 Å². The van der Waals surface area contributed by atoms with Crippen molar-refractivity contribution in [1.82, 2.24) is 9.97 Å². The fourth-order valence-corrected chi connectivity index (χ4v) is 5.07. The van der Waals surface area contributed by atoms with Crippen molar-refractivity contribution >= 4 is 29.2 Å². The molecule has 4 rings (SSSR count). The molecule has 0 radical (unpaired) electrons. The Morgan fingerprint density at radius 3 is 2.65 bits per heavy atom. The number of hydrogen-bond donors (Lipinski definition) is 2. The molecule has 0 spiro atoms. The second-order valence-electron chi connectivity index (χ2n) is 8.46. The average Bonchev–Trinajstić information content (AvgIpc) is 3.01. The molecule has 0 bridgehead atoms. The Bertz CT molecular complexity index is 1070. The minimum absolute atomic E-state index is 0.0751. The van der Waals surface area contributed by atoms with Gasteiger partial charge in [0.25, 0.3) is 11.5 Å². The van der Waals surface area contributed by atoms with Gasteiger partial charge in [0.1, 0.15) is 0 Å². The Kier molecular flexibility index (Phi) is 5.55. The quantitative estimate of drug-likeness (QED) is 0.745. The van der Waals surface area contributed by atoms with E-state index in [2.05, 4.69) is 16.9 Å². The van der Waals surface area contributed by atoms with Crippen LogP contribution in [0.15, 0.2) is 39.1 Å². The third kappa shape index (κ3) is 4.06. The maximum Gasteiger partial charge on any atom is 0.293 e. The number of carbonyl (C=O) groups excluding carboxylic acids is 1. The number of benzene rings is 1. The number of fused-ring (bicyclic) bond motifs is 1. The summed E-state index contributed by atoms with van der Waals surface area (Å²) in [5.74, 6) is -3.27. The lowest BCUT2D eigenvalue weighted by molar-refractivity contribution is -0.117. The van der Waals surface area contributed by atoms with Crippen LogP contribution in [-0.4, -0.2) is 42.1 Å². The zero-order valence-corrected chi connectivity index (χ0v) is 18.3. The number of aromatic nitrogens is 2. The van der Waals surface area contributed by atoms with Gasteiger partial charge in [-0.3, -0.25) is 9.59 Å². The summed E-state index contributed by atoms with van der Waals surface area (Å²) in [6.45, 7) is 4.71. The molecule has 31 heavy (non-hydrogen) atoms. The van der Waals surface area contributed by atoms with Crippen LogP contribution in [0.25, 0.3) is 0 Å². The summed E-state index contributed by atoms with van der Waals surface area (Å²) in [4.78, 5) is 34.8. The van der Waals surface area contributed by atoms with Gasteiger partial charge in [-0.2, -0.15) is 8.78 Å². The number of piperidine rings is 1. The molecule has 1 amide bonds. The number of nitrogens with two attached hydrogens (primary N) is 1. The van der Waals surface area contributed by atoms with Gasteiger partial charge < -0.3 is 20.5 Å². The molecule has 0 atom stereocenters. The van der Waals surface area contributed by atoms with Crippen molar-refractivity contribution in [2.24, 2.45) is 11.1 Å². The lowest BCUT2D eigenvalue weighted by Gasteiger charge is -2.38. The topological polar surface area (TPSA) is 95.3 Å². The molecule has 1 aromatic carbocycles. The van der Waals surface area contributed by atoms with E-state index in [9.17, 15) is 18.4 Å². The number of aromatic amines is 1. The predicted molar refractivity (Wildman–Crippen MR) is 116 cm³/mol. The molecule has 7 nitrogen and oxygen atoms in total. The monoisotopic (exact) mass is 449 g/mol. The fourth-order valence-electron chi connectivity index (χ4n) is 4.08. The Morgan fingerprint density at radius 1 is 1.32 bits per heavy atom. The van der Waals surface area contributed by atoms with Crippen molar-refractivity contribution < 1.29 is 13.6 Å². The standard InChI is InChI=1S/C21H25F2N5O2S/c1-13(29)28-12-21(22,23)17-14(28)4-3-5-15(17)31-16-10-25-18(19(30)26-16)27-8-6-20(2,11-24)7-9-27/h3-5,10H,6-9,11-12,24H2,1-2H3,(H,26,30). The maximum absolute atomic E-state index is 14.7. The molecule has 1 aromatic heterocycles. The maximum atomic E-state index is 14.7. The molecule has 1 saturated heterocycles. The molecule has 1 fully saturated rings. The SMILES string of the molecule is CC(=O)N1CC(F)(F)c2c(Sc3cnc(N4CCC(C)(CN)CC4)c(=O)[nH]3)cccc21. The first-order chi connectivity index (χ1) is 14.6. The number of hydrogen-bond acceptors (Lipinski definition) is 6. The van der Waals surface area contributed by atoms with E-state index >= 15 is 0 Å². The second kappa shape index (κ2) is 7.90. The van der Waals surface area contributed by atoms with Gasteiger partial charge >= 0.3 is 0 Å². The smallest absolute Gasteiger partial charge is 0.293 e. The van der Waals surface area contributed by atoms with E-state index in [1.54, 1.807) is 12.1 Å². The number of amides is 1. The third-order valence-corrected chi connectivity index (χ3v) is 7.11. The van der Waals surface area contributed by atoms with E-state index in [0.29, 0.717) is 30.5 Å². The van der Waals surface area contributed by atoms with Gasteiger partial charge in [0.15, 0.2) is 5.82 Å². The number of anilines is 2. The van der Waals surface area contributed by atoms with Gasteiger partial charge in [-0.05, 0) is 36.9 Å². The van der Waals surface area contributed by atoms with Gasteiger partial charge in [-0.25, -0.2) is 4.98 Å². The number of carbonyl (C=O) groups is 1. The Balaban J connectivity index is 1.58. The van der Waals surface area contributed by atoms with Crippen LogP contribution in [0.4, 0.5) is 20.3 Å². The zero-order valence-electron chi connectivity index (χ0n) is 17.5. The van der Waals surface area contributed by atoms with Gasteiger partial charge in [0.05, 0.1) is 29.0 Å². The van der Waals surface area contributed by atoms with E-state index < -0.39 is 18.4 Å². The van der Waals surface area contributed by atoms with Crippen molar-refractivity contribution in [3.8, 4) is 0 Å². The Hall–Kier alpha value is -2.46. The molecule has 2 aliphatic rings. The number of nitrogens with zero attached hydrogens (tertiary/aromatic N) is 3. The van der Waals surface area contributed by atoms with Crippen LogP contribution in [0.2, 0.25) is 0 Å². The van der Waals surface area contributed by atoms with Gasteiger partial charge in [0.2, 0.25) is 5.91 Å². The van der Waals surface area contributed by atoms with Crippen molar-refractivity contribution in [3.05, 3.63) is 40.3 Å². The normalized spacial score (nSPS) is 19.4. The van der Waals surface area contributed by atoms with E-state index in [4.69, 9.17) is 5.73 Å². The molecular formula is C21H25F2N5O2S. The second-order valence-corrected chi connectivity index (χ2v) is 9.55. The van der Waals surface area contributed by atoms with Crippen LogP contribution in [-0.2, 0) is 10.7 Å². The molecule has 0 aliphatic carbocycles. The summed E-state index contributed by atoms with van der Waals surface area (Å²) in [5.41, 5.74) is 5.57. The lowest BCUT2D eigenvalue weighted by Crippen LogP contribution is -2.44. The van der Waals surface area contributed by atoms with E-state index in [1.807, 2.05) is 4.90 Å². The molecule has 0 saturated carbocycles. The Morgan fingerprint density at radius 2 is 2.03 bits per heavy atom. The number of H-pyrrole nitrogens is 1. The molecule has 2 aliphatic heterocycles. The Labute approximate surface area is 183 Å². The van der Waals surface area contributed by atoms with Crippen LogP contribution in [0.1, 0.15) is 32.3 Å². The first-order valence-corrected chi connectivity index (χ1v) is 11.0. The highest BCUT2D eigenvalue weighted by molar-refractivity contribution is 7.99. The summed E-state index contributed by atoms with van der Waals surface area (Å²) >= 11 is 1.01. The first kappa shape index (κ1) is 21.8. The highest BCUT2D eigenvalue weighted by Gasteiger charge is 2.47. The highest BCUT2D eigenvalue weighted by atomic mass is 32.2. The van der Waals surface area contributed by atoms with Crippen LogP contribution < -0.4 is 21.1 Å². The van der Waals surface area contributed by atoms with Gasteiger partial charge in [-0.15, -0.1) is 0 Å². The summed E-state index contributed by atoms with van der Waals surface area (Å²) in [7, 11) is 0. The van der Waals surface area contributed by atoms with E-state index in [-0.39, 0.29) is 27.1 Å². The molecule has 3 heterocycles. The number of nitrogens with one attached hydrogen (secondary N) is 1. The van der Waals surface area contributed by atoms with Crippen LogP contribution in [0.5, 0.6) is 0 Å². The van der Waals surface area contributed by atoms with Crippen molar-refractivity contribution in [2.75, 3.05) is 36.0 Å². The number of halogens is 2. The molecule has 166 valence electrons. The zero-order chi connectivity index (χ0) is 22.4. The summed E-state index contributed by atoms with van der Waals surface area (Å²) in [6, 6.07) is 4.70. The molecule has 2 aromatic rings. The third-order valence-electron chi connectivity index (χ3n) is 6.12. The van der Waals surface area contributed by atoms with Crippen molar-refractivity contribution in [1.29, 1.82) is 0 Å². The average molecular weight is 450 g/mol. The highest BCUT2D eigenvalue weighted by Crippen LogP contribution is 2.48. The predicted octanol–water partition coefficient (Wildman–Crippen LogP) is 2.94. The number of alkyl halides is 2. The number of rotatable bonds is 4. The molecule has 3 N–H and O–H groups in total. The minimum atomic E-state index is -3.16.